The van der Waals surface area contributed by atoms with E-state index in [4.69, 9.17) is 27.9 Å². The van der Waals surface area contributed by atoms with Crippen molar-refractivity contribution in [2.75, 3.05) is 19.8 Å². The first-order chi connectivity index (χ1) is 8.66. The molecule has 1 amide bonds. The van der Waals surface area contributed by atoms with Crippen LogP contribution in [-0.2, 0) is 4.74 Å². The Balaban J connectivity index is 1.92. The molecular weight excluding hydrogens is 275 g/mol. The highest BCUT2D eigenvalue weighted by atomic mass is 35.5. The number of halogens is 2. The van der Waals surface area contributed by atoms with Gasteiger partial charge in [-0.15, -0.1) is 0 Å². The second kappa shape index (κ2) is 6.36. The molecule has 18 heavy (non-hydrogen) atoms. The number of nitrogens with zero attached hydrogens (tertiary/aromatic N) is 1. The van der Waals surface area contributed by atoms with Crippen LogP contribution in [0.3, 0.4) is 0 Å². The normalized spacial score (nSPS) is 16.6. The maximum atomic E-state index is 11.9. The van der Waals surface area contributed by atoms with Gasteiger partial charge < -0.3 is 10.1 Å². The van der Waals surface area contributed by atoms with E-state index < -0.39 is 0 Å². The van der Waals surface area contributed by atoms with Gasteiger partial charge in [0, 0.05) is 26.0 Å². The number of carbonyl (C=O) groups excluding carboxylic acids is 1. The van der Waals surface area contributed by atoms with Crippen molar-refractivity contribution in [2.24, 2.45) is 5.92 Å². The molecule has 0 radical (unpaired) electrons. The summed E-state index contributed by atoms with van der Waals surface area (Å²) < 4.78 is 5.27. The molecule has 4 nitrogen and oxygen atoms in total. The lowest BCUT2D eigenvalue weighted by Crippen LogP contribution is -2.32. The number of hydrogen-bond acceptors (Lipinski definition) is 3. The predicted octanol–water partition coefficient (Wildman–Crippen LogP) is 2.54. The van der Waals surface area contributed by atoms with Crippen LogP contribution >= 0.6 is 23.2 Å². The molecule has 1 aliphatic heterocycles. The summed E-state index contributed by atoms with van der Waals surface area (Å²) in [5, 5.41) is 3.44. The molecule has 1 aliphatic rings. The van der Waals surface area contributed by atoms with Gasteiger partial charge in [-0.1, -0.05) is 23.2 Å². The molecule has 1 aromatic heterocycles. The summed E-state index contributed by atoms with van der Waals surface area (Å²) in [6, 6.07) is 1.48. The van der Waals surface area contributed by atoms with E-state index in [1.165, 1.54) is 12.3 Å². The minimum atomic E-state index is -0.212. The van der Waals surface area contributed by atoms with Gasteiger partial charge >= 0.3 is 0 Å². The molecule has 0 bridgehead atoms. The molecule has 1 fully saturated rings. The summed E-state index contributed by atoms with van der Waals surface area (Å²) in [7, 11) is 0. The van der Waals surface area contributed by atoms with Crippen LogP contribution in [0.1, 0.15) is 23.2 Å². The van der Waals surface area contributed by atoms with Gasteiger partial charge in [0.25, 0.3) is 5.91 Å². The van der Waals surface area contributed by atoms with Crippen LogP contribution in [0.5, 0.6) is 0 Å². The zero-order valence-corrected chi connectivity index (χ0v) is 11.3. The van der Waals surface area contributed by atoms with Gasteiger partial charge in [0.1, 0.15) is 5.15 Å². The fourth-order valence-corrected chi connectivity index (χ4v) is 2.22. The fourth-order valence-electron chi connectivity index (χ4n) is 1.87. The first-order valence-corrected chi connectivity index (χ1v) is 6.59. The average molecular weight is 289 g/mol. The second-order valence-electron chi connectivity index (χ2n) is 4.25. The molecule has 0 spiro atoms. The Morgan fingerprint density at radius 2 is 2.17 bits per heavy atom. The average Bonchev–Trinajstić information content (AvgIpc) is 2.40. The standard InChI is InChI=1S/C12H14Cl2N2O2/c13-10-7-15-11(14)5-9(10)12(17)16-6-8-1-3-18-4-2-8/h5,7-8H,1-4,6H2,(H,16,17). The lowest BCUT2D eigenvalue weighted by Gasteiger charge is -2.22. The van der Waals surface area contributed by atoms with E-state index in [9.17, 15) is 4.79 Å². The van der Waals surface area contributed by atoms with E-state index >= 15 is 0 Å². The molecule has 0 aliphatic carbocycles. The summed E-state index contributed by atoms with van der Waals surface area (Å²) in [6.45, 7) is 2.17. The molecule has 1 N–H and O–H groups in total. The van der Waals surface area contributed by atoms with Crippen molar-refractivity contribution in [1.82, 2.24) is 10.3 Å². The fraction of sp³-hybridized carbons (Fsp3) is 0.500. The van der Waals surface area contributed by atoms with Crippen molar-refractivity contribution in [2.45, 2.75) is 12.8 Å². The summed E-state index contributed by atoms with van der Waals surface area (Å²) in [6.07, 6.45) is 3.34. The maximum Gasteiger partial charge on any atom is 0.252 e. The van der Waals surface area contributed by atoms with Gasteiger partial charge in [-0.25, -0.2) is 4.98 Å². The highest BCUT2D eigenvalue weighted by molar-refractivity contribution is 6.35. The molecule has 0 saturated carbocycles. The smallest absolute Gasteiger partial charge is 0.252 e. The lowest BCUT2D eigenvalue weighted by molar-refractivity contribution is 0.0642. The molecule has 2 heterocycles. The van der Waals surface area contributed by atoms with E-state index in [0.717, 1.165) is 26.1 Å². The number of rotatable bonds is 3. The van der Waals surface area contributed by atoms with Gasteiger partial charge in [0.05, 0.1) is 10.6 Å². The van der Waals surface area contributed by atoms with Crippen molar-refractivity contribution in [3.63, 3.8) is 0 Å². The van der Waals surface area contributed by atoms with Crippen LogP contribution in [0.25, 0.3) is 0 Å². The molecule has 0 aromatic carbocycles. The van der Waals surface area contributed by atoms with Gasteiger partial charge in [-0.05, 0) is 24.8 Å². The minimum absolute atomic E-state index is 0.212. The number of amides is 1. The SMILES string of the molecule is O=C(NCC1CCOCC1)c1cc(Cl)ncc1Cl. The number of aromatic nitrogens is 1. The highest BCUT2D eigenvalue weighted by Crippen LogP contribution is 2.18. The van der Waals surface area contributed by atoms with Crippen LogP contribution in [0.15, 0.2) is 12.3 Å². The summed E-state index contributed by atoms with van der Waals surface area (Å²) in [4.78, 5) is 15.8. The Hall–Kier alpha value is -0.840. The van der Waals surface area contributed by atoms with Gasteiger partial charge in [0.15, 0.2) is 0 Å². The highest BCUT2D eigenvalue weighted by Gasteiger charge is 2.16. The Morgan fingerprint density at radius 3 is 2.89 bits per heavy atom. The van der Waals surface area contributed by atoms with Crippen LogP contribution in [0, 0.1) is 5.92 Å². The first-order valence-electron chi connectivity index (χ1n) is 5.84. The van der Waals surface area contributed by atoms with E-state index in [-0.39, 0.29) is 11.1 Å². The summed E-state index contributed by atoms with van der Waals surface area (Å²) in [5.41, 5.74) is 0.365. The third kappa shape index (κ3) is 3.57. The third-order valence-corrected chi connectivity index (χ3v) is 3.47. The monoisotopic (exact) mass is 288 g/mol. The van der Waals surface area contributed by atoms with Gasteiger partial charge in [0.2, 0.25) is 0 Å². The van der Waals surface area contributed by atoms with Crippen LogP contribution in [0.4, 0.5) is 0 Å². The van der Waals surface area contributed by atoms with Gasteiger partial charge in [-0.2, -0.15) is 0 Å². The van der Waals surface area contributed by atoms with Crippen molar-refractivity contribution < 1.29 is 9.53 Å². The molecule has 98 valence electrons. The Kier molecular flexibility index (Phi) is 4.80. The Morgan fingerprint density at radius 1 is 1.44 bits per heavy atom. The number of carbonyl (C=O) groups is 1. The third-order valence-electron chi connectivity index (χ3n) is 2.96. The summed E-state index contributed by atoms with van der Waals surface area (Å²) >= 11 is 11.7. The molecule has 0 atom stereocenters. The molecule has 0 unspecified atom stereocenters. The topological polar surface area (TPSA) is 51.2 Å². The largest absolute Gasteiger partial charge is 0.381 e. The van der Waals surface area contributed by atoms with Crippen molar-refractivity contribution in [3.8, 4) is 0 Å². The number of ether oxygens (including phenoxy) is 1. The van der Waals surface area contributed by atoms with Gasteiger partial charge in [-0.3, -0.25) is 4.79 Å². The van der Waals surface area contributed by atoms with E-state index in [1.54, 1.807) is 0 Å². The number of nitrogens with one attached hydrogen (secondary N) is 1. The zero-order chi connectivity index (χ0) is 13.0. The van der Waals surface area contributed by atoms with Crippen molar-refractivity contribution >= 4 is 29.1 Å². The quantitative estimate of drug-likeness (QED) is 0.870. The first kappa shape index (κ1) is 13.6. The van der Waals surface area contributed by atoms with E-state index in [2.05, 4.69) is 10.3 Å². The van der Waals surface area contributed by atoms with Crippen molar-refractivity contribution in [3.05, 3.63) is 28.0 Å². The van der Waals surface area contributed by atoms with Crippen LogP contribution in [-0.4, -0.2) is 30.6 Å². The van der Waals surface area contributed by atoms with E-state index in [0.29, 0.717) is 23.0 Å². The lowest BCUT2D eigenvalue weighted by atomic mass is 10.0. The summed E-state index contributed by atoms with van der Waals surface area (Å²) in [5.74, 6) is 0.259. The Bertz CT molecular complexity index is 434. The van der Waals surface area contributed by atoms with Crippen LogP contribution in [0.2, 0.25) is 10.2 Å². The Labute approximate surface area is 116 Å². The minimum Gasteiger partial charge on any atom is -0.381 e. The molecule has 1 saturated heterocycles. The molecular formula is C12H14Cl2N2O2. The van der Waals surface area contributed by atoms with E-state index in [1.807, 2.05) is 0 Å². The number of pyridine rings is 1. The van der Waals surface area contributed by atoms with Crippen LogP contribution < -0.4 is 5.32 Å². The predicted molar refractivity (Wildman–Crippen MR) is 70.1 cm³/mol. The zero-order valence-electron chi connectivity index (χ0n) is 9.79. The molecule has 6 heteroatoms. The molecule has 2 rings (SSSR count). The maximum absolute atomic E-state index is 11.9. The number of hydrogen-bond donors (Lipinski definition) is 1. The molecule has 1 aromatic rings. The van der Waals surface area contributed by atoms with Crippen molar-refractivity contribution in [1.29, 1.82) is 0 Å². The second-order valence-corrected chi connectivity index (χ2v) is 5.05.